The van der Waals surface area contributed by atoms with Crippen molar-refractivity contribution >= 4 is 21.5 Å². The molecule has 4 aromatic rings. The maximum absolute atomic E-state index is 2.40. The van der Waals surface area contributed by atoms with Crippen LogP contribution in [0.2, 0.25) is 0 Å². The summed E-state index contributed by atoms with van der Waals surface area (Å²) in [5.74, 6) is 1.28. The third-order valence-corrected chi connectivity index (χ3v) is 7.23. The Labute approximate surface area is 194 Å². The quantitative estimate of drug-likeness (QED) is 0.211. The summed E-state index contributed by atoms with van der Waals surface area (Å²) in [5, 5.41) is 5.61. The maximum atomic E-state index is 2.40. The van der Waals surface area contributed by atoms with Gasteiger partial charge in [-0.1, -0.05) is 137 Å². The van der Waals surface area contributed by atoms with E-state index < -0.39 is 0 Å². The monoisotopic (exact) mass is 422 g/mol. The molecule has 32 heavy (non-hydrogen) atoms. The van der Waals surface area contributed by atoms with Gasteiger partial charge in [-0.05, 0) is 57.3 Å². The highest BCUT2D eigenvalue weighted by Gasteiger charge is 2.10. The van der Waals surface area contributed by atoms with Crippen molar-refractivity contribution in [2.45, 2.75) is 77.0 Å². The van der Waals surface area contributed by atoms with Crippen LogP contribution in [0.5, 0.6) is 0 Å². The Morgan fingerprint density at radius 3 is 1.28 bits per heavy atom. The molecule has 0 amide bonds. The van der Waals surface area contributed by atoms with Gasteiger partial charge in [0.2, 0.25) is 0 Å². The first-order valence-electron chi connectivity index (χ1n) is 12.7. The van der Waals surface area contributed by atoms with E-state index >= 15 is 0 Å². The molecule has 0 aliphatic rings. The topological polar surface area (TPSA) is 0 Å². The largest absolute Gasteiger partial charge is 0.0616 e. The lowest BCUT2D eigenvalue weighted by atomic mass is 9.90. The van der Waals surface area contributed by atoms with Crippen molar-refractivity contribution < 1.29 is 0 Å². The predicted octanol–water partition coefficient (Wildman–Crippen LogP) is 10.0. The van der Waals surface area contributed by atoms with E-state index in [2.05, 4.69) is 98.8 Å². The number of unbranched alkanes of at least 4 members (excludes halogenated alkanes) is 5. The zero-order valence-electron chi connectivity index (χ0n) is 19.9. The van der Waals surface area contributed by atoms with Crippen LogP contribution in [0.4, 0.5) is 0 Å². The lowest BCUT2D eigenvalue weighted by molar-refractivity contribution is 0.532. The average molecular weight is 423 g/mol. The lowest BCUT2D eigenvalue weighted by Crippen LogP contribution is -1.96. The van der Waals surface area contributed by atoms with Gasteiger partial charge in [0, 0.05) is 0 Å². The molecule has 0 aliphatic heterocycles. The van der Waals surface area contributed by atoms with Crippen LogP contribution in [0.25, 0.3) is 21.5 Å². The molecule has 0 bridgehead atoms. The van der Waals surface area contributed by atoms with Crippen LogP contribution in [0.1, 0.15) is 88.2 Å². The maximum Gasteiger partial charge on any atom is -0.0149 e. The van der Waals surface area contributed by atoms with Gasteiger partial charge in [-0.25, -0.2) is 0 Å². The molecule has 2 atom stereocenters. The fourth-order valence-electron chi connectivity index (χ4n) is 5.28. The molecule has 0 heterocycles. The summed E-state index contributed by atoms with van der Waals surface area (Å²) in [6.45, 7) is 4.80. The van der Waals surface area contributed by atoms with Gasteiger partial charge < -0.3 is 0 Å². The SMILES string of the molecule is CC(CCCCCCCCC(C)c1cccc2ccccc12)c1cccc2ccccc12. The van der Waals surface area contributed by atoms with Crippen molar-refractivity contribution in [3.63, 3.8) is 0 Å². The summed E-state index contributed by atoms with van der Waals surface area (Å²) in [6.07, 6.45) is 10.8. The minimum atomic E-state index is 0.641. The first kappa shape index (κ1) is 22.6. The number of fused-ring (bicyclic) bond motifs is 2. The smallest absolute Gasteiger partial charge is 0.0149 e. The van der Waals surface area contributed by atoms with Gasteiger partial charge in [0.05, 0.1) is 0 Å². The average Bonchev–Trinajstić information content (AvgIpc) is 2.84. The zero-order valence-corrected chi connectivity index (χ0v) is 19.9. The molecule has 0 radical (unpaired) electrons. The summed E-state index contributed by atoms with van der Waals surface area (Å²) >= 11 is 0. The standard InChI is InChI=1S/C32H38/c1-25(29-23-13-19-27-17-9-11-21-31(27)29)15-7-5-3-4-6-8-16-26(2)30-24-14-20-28-18-10-12-22-32(28)30/h9-14,17-26H,3-8,15-16H2,1-2H3. The van der Waals surface area contributed by atoms with Gasteiger partial charge in [0.1, 0.15) is 0 Å². The van der Waals surface area contributed by atoms with Gasteiger partial charge in [-0.2, -0.15) is 0 Å². The Morgan fingerprint density at radius 2 is 0.812 bits per heavy atom. The van der Waals surface area contributed by atoms with Crippen LogP contribution in [0.15, 0.2) is 84.9 Å². The minimum absolute atomic E-state index is 0.641. The predicted molar refractivity (Wildman–Crippen MR) is 142 cm³/mol. The van der Waals surface area contributed by atoms with E-state index in [9.17, 15) is 0 Å². The van der Waals surface area contributed by atoms with Crippen molar-refractivity contribution in [2.24, 2.45) is 0 Å². The third kappa shape index (κ3) is 5.60. The van der Waals surface area contributed by atoms with Crippen LogP contribution in [-0.2, 0) is 0 Å². The molecule has 0 heteroatoms. The summed E-state index contributed by atoms with van der Waals surface area (Å²) in [6, 6.07) is 31.2. The van der Waals surface area contributed by atoms with E-state index in [4.69, 9.17) is 0 Å². The van der Waals surface area contributed by atoms with Crippen LogP contribution >= 0.6 is 0 Å². The van der Waals surface area contributed by atoms with Crippen LogP contribution in [0.3, 0.4) is 0 Å². The van der Waals surface area contributed by atoms with E-state index in [1.807, 2.05) is 0 Å². The van der Waals surface area contributed by atoms with Crippen molar-refractivity contribution in [3.05, 3.63) is 96.1 Å². The zero-order chi connectivity index (χ0) is 22.2. The molecule has 0 fully saturated rings. The van der Waals surface area contributed by atoms with Gasteiger partial charge in [0.15, 0.2) is 0 Å². The fraction of sp³-hybridized carbons (Fsp3) is 0.375. The van der Waals surface area contributed by atoms with Crippen molar-refractivity contribution in [2.75, 3.05) is 0 Å². The summed E-state index contributed by atoms with van der Waals surface area (Å²) < 4.78 is 0. The molecule has 0 saturated carbocycles. The second-order valence-electron chi connectivity index (χ2n) is 9.64. The Kier molecular flexibility index (Phi) is 7.99. The number of hydrogen-bond donors (Lipinski definition) is 0. The minimum Gasteiger partial charge on any atom is -0.0616 e. The van der Waals surface area contributed by atoms with E-state index in [-0.39, 0.29) is 0 Å². The normalized spacial score (nSPS) is 13.4. The van der Waals surface area contributed by atoms with Gasteiger partial charge >= 0.3 is 0 Å². The molecule has 0 nitrogen and oxygen atoms in total. The molecule has 4 aromatic carbocycles. The molecule has 0 N–H and O–H groups in total. The third-order valence-electron chi connectivity index (χ3n) is 7.23. The molecule has 2 unspecified atom stereocenters. The van der Waals surface area contributed by atoms with Gasteiger partial charge in [-0.3, -0.25) is 0 Å². The Hall–Kier alpha value is -2.60. The number of hydrogen-bond acceptors (Lipinski definition) is 0. The first-order valence-corrected chi connectivity index (χ1v) is 12.7. The fourth-order valence-corrected chi connectivity index (χ4v) is 5.28. The van der Waals surface area contributed by atoms with Gasteiger partial charge in [0.25, 0.3) is 0 Å². The Bertz CT molecular complexity index is 1020. The van der Waals surface area contributed by atoms with E-state index in [0.717, 1.165) is 0 Å². The lowest BCUT2D eigenvalue weighted by Gasteiger charge is -2.15. The second-order valence-corrected chi connectivity index (χ2v) is 9.64. The molecular weight excluding hydrogens is 384 g/mol. The summed E-state index contributed by atoms with van der Waals surface area (Å²) in [5.41, 5.74) is 3.04. The van der Waals surface area contributed by atoms with E-state index in [0.29, 0.717) is 11.8 Å². The molecule has 0 saturated heterocycles. The molecular formula is C32H38. The second kappa shape index (κ2) is 11.3. The Morgan fingerprint density at radius 1 is 0.438 bits per heavy atom. The molecule has 0 aliphatic carbocycles. The van der Waals surface area contributed by atoms with Crippen molar-refractivity contribution in [3.8, 4) is 0 Å². The molecule has 0 aromatic heterocycles. The highest BCUT2D eigenvalue weighted by atomic mass is 14.1. The number of rotatable bonds is 11. The van der Waals surface area contributed by atoms with Gasteiger partial charge in [-0.15, -0.1) is 0 Å². The van der Waals surface area contributed by atoms with Crippen LogP contribution in [-0.4, -0.2) is 0 Å². The Balaban J connectivity index is 1.14. The van der Waals surface area contributed by atoms with E-state index in [1.165, 1.54) is 84.0 Å². The highest BCUT2D eigenvalue weighted by molar-refractivity contribution is 5.86. The van der Waals surface area contributed by atoms with E-state index in [1.54, 1.807) is 0 Å². The first-order chi connectivity index (χ1) is 15.7. The molecule has 4 rings (SSSR count). The number of benzene rings is 4. The van der Waals surface area contributed by atoms with Crippen LogP contribution < -0.4 is 0 Å². The van der Waals surface area contributed by atoms with Crippen molar-refractivity contribution in [1.29, 1.82) is 0 Å². The summed E-state index contributed by atoms with van der Waals surface area (Å²) in [7, 11) is 0. The van der Waals surface area contributed by atoms with Crippen LogP contribution in [0, 0.1) is 0 Å². The highest BCUT2D eigenvalue weighted by Crippen LogP contribution is 2.30. The summed E-state index contributed by atoms with van der Waals surface area (Å²) in [4.78, 5) is 0. The molecule has 0 spiro atoms. The molecule has 166 valence electrons. The van der Waals surface area contributed by atoms with Crippen molar-refractivity contribution in [1.82, 2.24) is 0 Å².